The highest BCUT2D eigenvalue weighted by atomic mass is 16.5. The third-order valence-corrected chi connectivity index (χ3v) is 5.13. The highest BCUT2D eigenvalue weighted by molar-refractivity contribution is 5.94. The first kappa shape index (κ1) is 22.2. The molecule has 3 aromatic carbocycles. The molecule has 0 aliphatic carbocycles. The molecule has 0 saturated heterocycles. The molecule has 0 aromatic heterocycles. The van der Waals surface area contributed by atoms with Gasteiger partial charge in [-0.25, -0.2) is 0 Å². The first-order chi connectivity index (χ1) is 15.0. The molecule has 160 valence electrons. The summed E-state index contributed by atoms with van der Waals surface area (Å²) in [6.45, 7) is 2.19. The summed E-state index contributed by atoms with van der Waals surface area (Å²) >= 11 is 0. The molecule has 0 unspecified atom stereocenters. The summed E-state index contributed by atoms with van der Waals surface area (Å²) in [4.78, 5) is 25.8. The van der Waals surface area contributed by atoms with Gasteiger partial charge in [-0.3, -0.25) is 14.5 Å². The van der Waals surface area contributed by atoms with Crippen molar-refractivity contribution in [3.8, 4) is 11.5 Å². The quantitative estimate of drug-likeness (QED) is 0.366. The van der Waals surface area contributed by atoms with Crippen molar-refractivity contribution in [2.24, 2.45) is 0 Å². The molecule has 1 atom stereocenters. The first-order valence-electron chi connectivity index (χ1n) is 10.2. The van der Waals surface area contributed by atoms with Crippen molar-refractivity contribution in [3.63, 3.8) is 0 Å². The lowest BCUT2D eigenvalue weighted by Crippen LogP contribution is -2.40. The van der Waals surface area contributed by atoms with Crippen LogP contribution in [0, 0.1) is 0 Å². The number of carbonyl (C=O) groups is 2. The summed E-state index contributed by atoms with van der Waals surface area (Å²) in [6.07, 6.45) is 0.531. The van der Waals surface area contributed by atoms with Crippen LogP contribution in [0.3, 0.4) is 0 Å². The van der Waals surface area contributed by atoms with Crippen molar-refractivity contribution in [3.05, 3.63) is 95.6 Å². The number of rotatable bonds is 9. The van der Waals surface area contributed by atoms with Crippen molar-refractivity contribution in [2.75, 3.05) is 14.2 Å². The minimum atomic E-state index is -0.393. The van der Waals surface area contributed by atoms with E-state index in [2.05, 4.69) is 0 Å². The van der Waals surface area contributed by atoms with Crippen molar-refractivity contribution in [1.82, 2.24) is 4.90 Å². The second kappa shape index (κ2) is 10.5. The fraction of sp³-hybridized carbons (Fsp3) is 0.231. The molecule has 0 aliphatic rings. The summed E-state index contributed by atoms with van der Waals surface area (Å²) in [5, 5.41) is 0. The van der Waals surface area contributed by atoms with Gasteiger partial charge in [0.1, 0.15) is 17.5 Å². The number of ether oxygens (including phenoxy) is 2. The van der Waals surface area contributed by atoms with Gasteiger partial charge in [0.15, 0.2) is 5.78 Å². The van der Waals surface area contributed by atoms with E-state index in [-0.39, 0.29) is 11.8 Å². The maximum absolute atomic E-state index is 12.4. The molecule has 31 heavy (non-hydrogen) atoms. The van der Waals surface area contributed by atoms with Crippen LogP contribution >= 0.6 is 0 Å². The van der Waals surface area contributed by atoms with E-state index < -0.39 is 6.04 Å². The van der Waals surface area contributed by atoms with Crippen LogP contribution in [-0.2, 0) is 22.5 Å². The van der Waals surface area contributed by atoms with Gasteiger partial charge in [-0.2, -0.15) is 0 Å². The second-order valence-electron chi connectivity index (χ2n) is 7.47. The molecule has 5 nitrogen and oxygen atoms in total. The number of nitrogens with zero attached hydrogens (tertiary/aromatic N) is 1. The first-order valence-corrected chi connectivity index (χ1v) is 10.2. The van der Waals surface area contributed by atoms with Crippen LogP contribution in [0.25, 0.3) is 0 Å². The number of ketones is 1. The van der Waals surface area contributed by atoms with E-state index in [1.54, 1.807) is 24.3 Å². The fourth-order valence-corrected chi connectivity index (χ4v) is 3.35. The van der Waals surface area contributed by atoms with Crippen LogP contribution in [0.5, 0.6) is 11.5 Å². The Balaban J connectivity index is 1.66. The van der Waals surface area contributed by atoms with Gasteiger partial charge in [0.25, 0.3) is 0 Å². The smallest absolute Gasteiger partial charge is 0.323 e. The number of hydrogen-bond acceptors (Lipinski definition) is 5. The monoisotopic (exact) mass is 417 g/mol. The average molecular weight is 418 g/mol. The molecule has 0 bridgehead atoms. The zero-order valence-corrected chi connectivity index (χ0v) is 18.1. The highest BCUT2D eigenvalue weighted by Gasteiger charge is 2.24. The van der Waals surface area contributed by atoms with Crippen LogP contribution in [0.1, 0.15) is 28.4 Å². The highest BCUT2D eigenvalue weighted by Crippen LogP contribution is 2.23. The standard InChI is InChI=1S/C26H27NO4/c1-19(28)22-11-15-24(16-12-22)31-23-13-9-20(10-14-23)17-25(26(29)30-3)27(2)18-21-7-5-4-6-8-21/h4-16,25H,17-18H2,1-3H3/t25-/m0/s1. The molecule has 5 heteroatoms. The Bertz CT molecular complexity index is 998. The van der Waals surface area contributed by atoms with Crippen molar-refractivity contribution >= 4 is 11.8 Å². The van der Waals surface area contributed by atoms with Gasteiger partial charge in [0.2, 0.25) is 0 Å². The minimum absolute atomic E-state index is 0.0216. The van der Waals surface area contributed by atoms with Crippen molar-refractivity contribution in [1.29, 1.82) is 0 Å². The normalized spacial score (nSPS) is 11.7. The van der Waals surface area contributed by atoms with E-state index in [0.717, 1.165) is 11.1 Å². The summed E-state index contributed by atoms with van der Waals surface area (Å²) in [7, 11) is 3.34. The molecule has 0 saturated carbocycles. The zero-order chi connectivity index (χ0) is 22.2. The van der Waals surface area contributed by atoms with E-state index in [9.17, 15) is 9.59 Å². The van der Waals surface area contributed by atoms with Gasteiger partial charge in [0.05, 0.1) is 7.11 Å². The van der Waals surface area contributed by atoms with Gasteiger partial charge in [0, 0.05) is 12.1 Å². The number of hydrogen-bond donors (Lipinski definition) is 0. The molecule has 0 aliphatic heterocycles. The Kier molecular flexibility index (Phi) is 7.57. The summed E-state index contributed by atoms with van der Waals surface area (Å²) in [5.41, 5.74) is 2.80. The number of likely N-dealkylation sites (N-methyl/N-ethyl adjacent to an activating group) is 1. The molecule has 0 fully saturated rings. The van der Waals surface area contributed by atoms with Gasteiger partial charge in [-0.1, -0.05) is 42.5 Å². The number of methoxy groups -OCH3 is 1. The fourth-order valence-electron chi connectivity index (χ4n) is 3.35. The third kappa shape index (κ3) is 6.27. The van der Waals surface area contributed by atoms with Crippen LogP contribution in [0.2, 0.25) is 0 Å². The minimum Gasteiger partial charge on any atom is -0.468 e. The number of benzene rings is 3. The molecule has 0 spiro atoms. The van der Waals surface area contributed by atoms with E-state index in [0.29, 0.717) is 30.0 Å². The topological polar surface area (TPSA) is 55.8 Å². The van der Waals surface area contributed by atoms with Crippen LogP contribution < -0.4 is 4.74 Å². The Labute approximate surface area is 183 Å². The van der Waals surface area contributed by atoms with Crippen LogP contribution in [-0.4, -0.2) is 36.9 Å². The lowest BCUT2D eigenvalue weighted by molar-refractivity contribution is -0.146. The molecule has 0 heterocycles. The van der Waals surface area contributed by atoms with Crippen LogP contribution in [0.4, 0.5) is 0 Å². The molecule has 0 amide bonds. The molecule has 3 rings (SSSR count). The van der Waals surface area contributed by atoms with Crippen LogP contribution in [0.15, 0.2) is 78.9 Å². The third-order valence-electron chi connectivity index (χ3n) is 5.13. The zero-order valence-electron chi connectivity index (χ0n) is 18.1. The Morgan fingerprint density at radius 1 is 0.839 bits per heavy atom. The lowest BCUT2D eigenvalue weighted by atomic mass is 10.0. The summed E-state index contributed by atoms with van der Waals surface area (Å²) < 4.78 is 10.9. The van der Waals surface area contributed by atoms with Gasteiger partial charge < -0.3 is 9.47 Å². The van der Waals surface area contributed by atoms with E-state index in [1.807, 2.05) is 66.5 Å². The average Bonchev–Trinajstić information content (AvgIpc) is 2.79. The van der Waals surface area contributed by atoms with Gasteiger partial charge in [-0.15, -0.1) is 0 Å². The second-order valence-corrected chi connectivity index (χ2v) is 7.47. The maximum Gasteiger partial charge on any atom is 0.323 e. The largest absolute Gasteiger partial charge is 0.468 e. The van der Waals surface area contributed by atoms with E-state index >= 15 is 0 Å². The van der Waals surface area contributed by atoms with Gasteiger partial charge in [-0.05, 0) is 67.9 Å². The Morgan fingerprint density at radius 2 is 1.42 bits per heavy atom. The predicted molar refractivity (Wildman–Crippen MR) is 120 cm³/mol. The maximum atomic E-state index is 12.4. The molecule has 0 N–H and O–H groups in total. The van der Waals surface area contributed by atoms with Crippen molar-refractivity contribution in [2.45, 2.75) is 25.9 Å². The SMILES string of the molecule is COC(=O)[C@H](Cc1ccc(Oc2ccc(C(C)=O)cc2)cc1)N(C)Cc1ccccc1. The molecule has 0 radical (unpaired) electrons. The lowest BCUT2D eigenvalue weighted by Gasteiger charge is -2.26. The van der Waals surface area contributed by atoms with E-state index in [1.165, 1.54) is 14.0 Å². The number of carbonyl (C=O) groups excluding carboxylic acids is 2. The summed E-state index contributed by atoms with van der Waals surface area (Å²) in [5.74, 6) is 1.11. The Morgan fingerprint density at radius 3 is 1.97 bits per heavy atom. The Hall–Kier alpha value is -3.44. The van der Waals surface area contributed by atoms with Crippen molar-refractivity contribution < 1.29 is 19.1 Å². The predicted octanol–water partition coefficient (Wildman–Crippen LogP) is 4.90. The van der Waals surface area contributed by atoms with Gasteiger partial charge >= 0.3 is 5.97 Å². The van der Waals surface area contributed by atoms with E-state index in [4.69, 9.17) is 9.47 Å². The number of Topliss-reactive ketones (excluding diaryl/α,β-unsaturated/α-hetero) is 1. The number of esters is 1. The molecule has 3 aromatic rings. The molecular weight excluding hydrogens is 390 g/mol. The molecular formula is C26H27NO4. The summed E-state index contributed by atoms with van der Waals surface area (Å²) in [6, 6.07) is 24.3.